The van der Waals surface area contributed by atoms with E-state index in [-0.39, 0.29) is 0 Å². The smallest absolute Gasteiger partial charge is 0.326 e. The number of benzene rings is 3. The first-order chi connectivity index (χ1) is 18.9. The minimum Gasteiger partial charge on any atom is -0.480 e. The van der Waals surface area contributed by atoms with Crippen molar-refractivity contribution >= 4 is 35.8 Å². The number of carbonyl (C=O) groups excluding carboxylic acids is 1. The second kappa shape index (κ2) is 13.4. The van der Waals surface area contributed by atoms with Crippen LogP contribution in [-0.2, 0) is 4.79 Å². The maximum absolute atomic E-state index is 13.3. The fraction of sp³-hybridized carbons (Fsp3) is 0.161. The first-order valence-electron chi connectivity index (χ1n) is 12.4. The van der Waals surface area contributed by atoms with Gasteiger partial charge < -0.3 is 15.2 Å². The van der Waals surface area contributed by atoms with Gasteiger partial charge in [-0.05, 0) is 77.9 Å². The van der Waals surface area contributed by atoms with Crippen molar-refractivity contribution < 1.29 is 19.4 Å². The van der Waals surface area contributed by atoms with Gasteiger partial charge in [0.1, 0.15) is 11.8 Å². The van der Waals surface area contributed by atoms with E-state index in [0.29, 0.717) is 35.1 Å². The van der Waals surface area contributed by atoms with Gasteiger partial charge >= 0.3 is 5.97 Å². The number of hydrogen-bond acceptors (Lipinski definition) is 6. The molecule has 1 atom stereocenters. The van der Waals surface area contributed by atoms with E-state index in [1.165, 1.54) is 11.8 Å². The van der Waals surface area contributed by atoms with Gasteiger partial charge in [-0.25, -0.2) is 14.8 Å². The third-order valence-electron chi connectivity index (χ3n) is 6.00. The summed E-state index contributed by atoms with van der Waals surface area (Å²) in [6.45, 7) is 1.98. The van der Waals surface area contributed by atoms with Crippen LogP contribution in [0.2, 0.25) is 0 Å². The fourth-order valence-electron chi connectivity index (χ4n) is 3.95. The van der Waals surface area contributed by atoms with E-state index in [1.807, 2.05) is 92.1 Å². The van der Waals surface area contributed by atoms with Crippen molar-refractivity contribution in [3.05, 3.63) is 108 Å². The van der Waals surface area contributed by atoms with E-state index in [4.69, 9.17) is 4.74 Å². The molecule has 1 aromatic heterocycles. The topological polar surface area (TPSA) is 101 Å². The number of aromatic nitrogens is 2. The number of aliphatic carboxylic acids is 1. The van der Waals surface area contributed by atoms with Crippen molar-refractivity contribution in [3.63, 3.8) is 0 Å². The second-order valence-electron chi connectivity index (χ2n) is 8.79. The number of thioether (sulfide) groups is 1. The summed E-state index contributed by atoms with van der Waals surface area (Å²) in [5.41, 5.74) is 4.54. The highest BCUT2D eigenvalue weighted by Crippen LogP contribution is 2.29. The van der Waals surface area contributed by atoms with Crippen LogP contribution in [0.5, 0.6) is 11.6 Å². The molecular formula is C31H29N3O4S. The summed E-state index contributed by atoms with van der Waals surface area (Å²) in [4.78, 5) is 33.7. The van der Waals surface area contributed by atoms with E-state index in [0.717, 1.165) is 22.3 Å². The lowest BCUT2D eigenvalue weighted by Gasteiger charge is -2.17. The Kier molecular flexibility index (Phi) is 9.48. The van der Waals surface area contributed by atoms with Gasteiger partial charge in [0, 0.05) is 5.56 Å². The number of ether oxygens (including phenoxy) is 1. The first-order valence-corrected chi connectivity index (χ1v) is 13.8. The van der Waals surface area contributed by atoms with Crippen molar-refractivity contribution in [2.75, 3.05) is 12.0 Å². The van der Waals surface area contributed by atoms with Crippen LogP contribution in [-0.4, -0.2) is 45.0 Å². The molecule has 2 N–H and O–H groups in total. The molecule has 0 radical (unpaired) electrons. The molecule has 0 aliphatic heterocycles. The van der Waals surface area contributed by atoms with Gasteiger partial charge in [0.2, 0.25) is 5.88 Å². The number of nitrogens with zero attached hydrogens (tertiary/aromatic N) is 2. The summed E-state index contributed by atoms with van der Waals surface area (Å²) in [6, 6.07) is 21.7. The molecule has 0 saturated heterocycles. The lowest BCUT2D eigenvalue weighted by atomic mass is 9.93. The maximum atomic E-state index is 13.3. The van der Waals surface area contributed by atoms with E-state index in [1.54, 1.807) is 18.5 Å². The number of carboxylic acids is 1. The zero-order chi connectivity index (χ0) is 27.6. The molecule has 198 valence electrons. The summed E-state index contributed by atoms with van der Waals surface area (Å²) < 4.78 is 5.70. The lowest BCUT2D eigenvalue weighted by molar-refractivity contribution is -0.139. The Morgan fingerprint density at radius 1 is 0.974 bits per heavy atom. The predicted octanol–water partition coefficient (Wildman–Crippen LogP) is 6.35. The van der Waals surface area contributed by atoms with Crippen LogP contribution in [0, 0.1) is 6.92 Å². The van der Waals surface area contributed by atoms with Crippen LogP contribution in [0.3, 0.4) is 0 Å². The Morgan fingerprint density at radius 2 is 1.74 bits per heavy atom. The van der Waals surface area contributed by atoms with E-state index in [9.17, 15) is 14.7 Å². The van der Waals surface area contributed by atoms with Crippen LogP contribution >= 0.6 is 11.8 Å². The molecule has 0 saturated carbocycles. The maximum Gasteiger partial charge on any atom is 0.326 e. The normalized spacial score (nSPS) is 11.7. The summed E-state index contributed by atoms with van der Waals surface area (Å²) >= 11 is 1.54. The number of hydrogen-bond donors (Lipinski definition) is 2. The Hall–Kier alpha value is -4.43. The molecule has 4 rings (SSSR count). The van der Waals surface area contributed by atoms with Gasteiger partial charge in [-0.3, -0.25) is 4.79 Å². The highest BCUT2D eigenvalue weighted by molar-refractivity contribution is 7.98. The number of nitrogens with one attached hydrogen (secondary N) is 1. The summed E-state index contributed by atoms with van der Waals surface area (Å²) in [5, 5.41) is 12.3. The van der Waals surface area contributed by atoms with Crippen molar-refractivity contribution in [1.29, 1.82) is 0 Å². The molecule has 4 aromatic rings. The molecule has 7 nitrogen and oxygen atoms in total. The highest BCUT2D eigenvalue weighted by atomic mass is 32.2. The van der Waals surface area contributed by atoms with E-state index in [2.05, 4.69) is 15.3 Å². The zero-order valence-electron chi connectivity index (χ0n) is 21.7. The van der Waals surface area contributed by atoms with Gasteiger partial charge in [-0.1, -0.05) is 54.6 Å². The number of aryl methyl sites for hydroxylation is 1. The molecule has 0 aliphatic rings. The molecular weight excluding hydrogens is 510 g/mol. The Bertz CT molecular complexity index is 1460. The molecule has 39 heavy (non-hydrogen) atoms. The number of para-hydroxylation sites is 1. The molecule has 1 amide bonds. The van der Waals surface area contributed by atoms with E-state index < -0.39 is 17.9 Å². The third kappa shape index (κ3) is 7.55. The van der Waals surface area contributed by atoms with Crippen molar-refractivity contribution in [2.45, 2.75) is 19.4 Å². The molecule has 1 heterocycles. The number of amides is 1. The Labute approximate surface area is 232 Å². The Morgan fingerprint density at radius 3 is 2.44 bits per heavy atom. The third-order valence-corrected chi connectivity index (χ3v) is 6.64. The van der Waals surface area contributed by atoms with Crippen LogP contribution in [0.1, 0.15) is 33.6 Å². The summed E-state index contributed by atoms with van der Waals surface area (Å²) in [6.07, 6.45) is 9.16. The summed E-state index contributed by atoms with van der Waals surface area (Å²) in [7, 11) is 0. The molecule has 1 unspecified atom stereocenters. The second-order valence-corrected chi connectivity index (χ2v) is 9.78. The lowest BCUT2D eigenvalue weighted by Crippen LogP contribution is -2.41. The number of carboxylic acid groups (broad SMARTS) is 1. The average molecular weight is 540 g/mol. The monoisotopic (exact) mass is 539 g/mol. The predicted molar refractivity (Wildman–Crippen MR) is 156 cm³/mol. The van der Waals surface area contributed by atoms with Crippen molar-refractivity contribution in [1.82, 2.24) is 15.3 Å². The van der Waals surface area contributed by atoms with E-state index >= 15 is 0 Å². The van der Waals surface area contributed by atoms with Crippen molar-refractivity contribution in [3.8, 4) is 22.8 Å². The van der Waals surface area contributed by atoms with Gasteiger partial charge in [0.05, 0.1) is 18.1 Å². The summed E-state index contributed by atoms with van der Waals surface area (Å²) in [5.74, 6) is 0.246. The zero-order valence-corrected chi connectivity index (χ0v) is 22.5. The van der Waals surface area contributed by atoms with Gasteiger partial charge in [-0.15, -0.1) is 0 Å². The van der Waals surface area contributed by atoms with Gasteiger partial charge in [-0.2, -0.15) is 11.8 Å². The molecule has 0 fully saturated rings. The highest BCUT2D eigenvalue weighted by Gasteiger charge is 2.22. The molecule has 0 spiro atoms. The van der Waals surface area contributed by atoms with Crippen LogP contribution in [0.15, 0.2) is 85.2 Å². The molecule has 3 aromatic carbocycles. The minimum atomic E-state index is -1.05. The van der Waals surface area contributed by atoms with Crippen LogP contribution in [0.4, 0.5) is 0 Å². The largest absolute Gasteiger partial charge is 0.480 e. The number of rotatable bonds is 11. The van der Waals surface area contributed by atoms with Crippen LogP contribution in [0.25, 0.3) is 23.3 Å². The SMILES string of the molecule is CSCCC(NC(=O)c1ccc(/C=C/c2cnc(Oc3ccccc3)cn2)cc1-c1ccccc1C)C(=O)O. The fourth-order valence-corrected chi connectivity index (χ4v) is 4.42. The molecule has 8 heteroatoms. The quantitative estimate of drug-likeness (QED) is 0.229. The molecule has 0 aliphatic carbocycles. The standard InChI is InChI=1S/C31H29N3O4S/c1-21-8-6-7-11-25(21)27-18-22(13-15-26(27)30(35)34-28(31(36)37)16-17-39-2)12-14-23-19-33-29(20-32-23)38-24-9-4-3-5-10-24/h3-15,18-20,28H,16-17H2,1-2H3,(H,34,35)(H,36,37)/b14-12+. The number of carbonyl (C=O) groups is 2. The first kappa shape index (κ1) is 27.6. The van der Waals surface area contributed by atoms with Crippen molar-refractivity contribution in [2.24, 2.45) is 0 Å². The average Bonchev–Trinajstić information content (AvgIpc) is 2.95. The minimum absolute atomic E-state index is 0.346. The van der Waals surface area contributed by atoms with Crippen LogP contribution < -0.4 is 10.1 Å². The Balaban J connectivity index is 1.58. The van der Waals surface area contributed by atoms with Gasteiger partial charge in [0.15, 0.2) is 0 Å². The molecule has 0 bridgehead atoms. The van der Waals surface area contributed by atoms with Gasteiger partial charge in [0.25, 0.3) is 5.91 Å².